The van der Waals surface area contributed by atoms with Gasteiger partial charge < -0.3 is 16.0 Å². The zero-order valence-corrected chi connectivity index (χ0v) is 16.9. The van der Waals surface area contributed by atoms with E-state index in [2.05, 4.69) is 21.0 Å². The number of benzene rings is 2. The maximum absolute atomic E-state index is 13.3. The minimum Gasteiger partial charge on any atom is -0.326 e. The van der Waals surface area contributed by atoms with Gasteiger partial charge in [0.05, 0.1) is 12.1 Å². The summed E-state index contributed by atoms with van der Waals surface area (Å²) in [5, 5.41) is 12.8. The number of nitrogens with one attached hydrogen (secondary N) is 3. The second-order valence-corrected chi connectivity index (χ2v) is 7.29. The Kier molecular flexibility index (Phi) is 5.24. The fraction of sp³-hybridized carbons (Fsp3) is 0.182. The molecule has 2 heterocycles. The SMILES string of the molecule is CC(=O)Nc1ccc(NC(=O)[C@H]2CC(=O)Nc3c(C)c(-c4ccc(F)cc4)nn32)cc1. The Morgan fingerprint density at radius 3 is 2.29 bits per heavy atom. The van der Waals surface area contributed by atoms with Crippen molar-refractivity contribution in [2.45, 2.75) is 26.3 Å². The standard InChI is InChI=1S/C22H20FN5O3/c1-12-20(14-3-5-15(23)6-4-14)27-28-18(11-19(30)26-21(12)28)22(31)25-17-9-7-16(8-10-17)24-13(2)29/h3-10,18H,11H2,1-2H3,(H,24,29)(H,25,31)(H,26,30)/t18-/m1/s1. The van der Waals surface area contributed by atoms with Gasteiger partial charge in [-0.3, -0.25) is 14.4 Å². The van der Waals surface area contributed by atoms with Crippen LogP contribution >= 0.6 is 0 Å². The predicted molar refractivity (Wildman–Crippen MR) is 114 cm³/mol. The molecule has 1 atom stereocenters. The summed E-state index contributed by atoms with van der Waals surface area (Å²) in [6.07, 6.45) is -0.0627. The van der Waals surface area contributed by atoms with Crippen LogP contribution in [0, 0.1) is 12.7 Å². The van der Waals surface area contributed by atoms with E-state index < -0.39 is 11.9 Å². The number of carbonyl (C=O) groups is 3. The van der Waals surface area contributed by atoms with E-state index in [1.807, 2.05) is 0 Å². The zero-order chi connectivity index (χ0) is 22.1. The molecule has 1 aliphatic rings. The molecule has 4 rings (SSSR count). The molecule has 0 bridgehead atoms. The number of fused-ring (bicyclic) bond motifs is 1. The van der Waals surface area contributed by atoms with Crippen molar-refractivity contribution in [1.82, 2.24) is 9.78 Å². The van der Waals surface area contributed by atoms with Gasteiger partial charge in [-0.05, 0) is 55.5 Å². The van der Waals surface area contributed by atoms with Gasteiger partial charge in [-0.15, -0.1) is 0 Å². The number of anilines is 3. The molecule has 1 aromatic heterocycles. The van der Waals surface area contributed by atoms with E-state index in [-0.39, 0.29) is 24.1 Å². The van der Waals surface area contributed by atoms with Crippen LogP contribution in [0.5, 0.6) is 0 Å². The average Bonchev–Trinajstić information content (AvgIpc) is 3.05. The molecule has 3 N–H and O–H groups in total. The first kappa shape index (κ1) is 20.3. The molecule has 0 saturated carbocycles. The molecule has 0 unspecified atom stereocenters. The normalized spacial score (nSPS) is 15.1. The Hall–Kier alpha value is -4.01. The number of halogens is 1. The van der Waals surface area contributed by atoms with Crippen molar-refractivity contribution in [3.05, 3.63) is 59.9 Å². The van der Waals surface area contributed by atoms with Crippen LogP contribution in [-0.2, 0) is 14.4 Å². The minimum atomic E-state index is -0.841. The summed E-state index contributed by atoms with van der Waals surface area (Å²) >= 11 is 0. The smallest absolute Gasteiger partial charge is 0.249 e. The molecule has 0 fully saturated rings. The van der Waals surface area contributed by atoms with Crippen molar-refractivity contribution < 1.29 is 18.8 Å². The van der Waals surface area contributed by atoms with Crippen LogP contribution in [0.25, 0.3) is 11.3 Å². The number of rotatable bonds is 4. The largest absolute Gasteiger partial charge is 0.326 e. The molecule has 0 aliphatic carbocycles. The molecule has 9 heteroatoms. The van der Waals surface area contributed by atoms with Gasteiger partial charge >= 0.3 is 0 Å². The second kappa shape index (κ2) is 8.02. The van der Waals surface area contributed by atoms with Gasteiger partial charge in [-0.2, -0.15) is 5.10 Å². The van der Waals surface area contributed by atoms with Crippen molar-refractivity contribution in [3.63, 3.8) is 0 Å². The van der Waals surface area contributed by atoms with E-state index >= 15 is 0 Å². The summed E-state index contributed by atoms with van der Waals surface area (Å²) in [4.78, 5) is 36.4. The van der Waals surface area contributed by atoms with E-state index in [4.69, 9.17) is 0 Å². The predicted octanol–water partition coefficient (Wildman–Crippen LogP) is 3.48. The van der Waals surface area contributed by atoms with Crippen LogP contribution in [0.3, 0.4) is 0 Å². The summed E-state index contributed by atoms with van der Waals surface area (Å²) in [5.41, 5.74) is 3.07. The van der Waals surface area contributed by atoms with Gasteiger partial charge in [-0.25, -0.2) is 9.07 Å². The third-order valence-electron chi connectivity index (χ3n) is 4.97. The summed E-state index contributed by atoms with van der Waals surface area (Å²) < 4.78 is 14.8. The molecule has 31 heavy (non-hydrogen) atoms. The molecule has 2 aromatic carbocycles. The summed E-state index contributed by atoms with van der Waals surface area (Å²) in [5.74, 6) is -0.792. The van der Waals surface area contributed by atoms with Gasteiger partial charge in [-0.1, -0.05) is 0 Å². The lowest BCUT2D eigenvalue weighted by molar-refractivity contribution is -0.125. The first-order valence-electron chi connectivity index (χ1n) is 9.65. The quantitative estimate of drug-likeness (QED) is 0.600. The molecule has 0 radical (unpaired) electrons. The number of carbonyl (C=O) groups excluding carboxylic acids is 3. The lowest BCUT2D eigenvalue weighted by Crippen LogP contribution is -2.35. The molecule has 1 aliphatic heterocycles. The van der Waals surface area contributed by atoms with Gasteiger partial charge in [0.1, 0.15) is 17.7 Å². The maximum Gasteiger partial charge on any atom is 0.249 e. The Labute approximate surface area is 177 Å². The summed E-state index contributed by atoms with van der Waals surface area (Å²) in [6, 6.07) is 11.7. The zero-order valence-electron chi connectivity index (χ0n) is 16.9. The third kappa shape index (κ3) is 4.16. The van der Waals surface area contributed by atoms with E-state index in [1.165, 1.54) is 23.7 Å². The summed E-state index contributed by atoms with van der Waals surface area (Å²) in [6.45, 7) is 3.20. The first-order chi connectivity index (χ1) is 14.8. The second-order valence-electron chi connectivity index (χ2n) is 7.29. The maximum atomic E-state index is 13.3. The number of aromatic nitrogens is 2. The van der Waals surface area contributed by atoms with Crippen LogP contribution in [-0.4, -0.2) is 27.5 Å². The van der Waals surface area contributed by atoms with Gasteiger partial charge in [0, 0.05) is 29.4 Å². The van der Waals surface area contributed by atoms with Crippen LogP contribution in [0.2, 0.25) is 0 Å². The molecule has 0 saturated heterocycles. The van der Waals surface area contributed by atoms with E-state index in [1.54, 1.807) is 43.3 Å². The Morgan fingerprint density at radius 1 is 1.06 bits per heavy atom. The molecule has 158 valence electrons. The first-order valence-corrected chi connectivity index (χ1v) is 9.65. The van der Waals surface area contributed by atoms with Crippen molar-refractivity contribution >= 4 is 34.9 Å². The van der Waals surface area contributed by atoms with E-state index in [0.717, 1.165) is 0 Å². The number of hydrogen-bond donors (Lipinski definition) is 3. The Morgan fingerprint density at radius 2 is 1.68 bits per heavy atom. The number of amides is 3. The average molecular weight is 421 g/mol. The minimum absolute atomic E-state index is 0.0627. The van der Waals surface area contributed by atoms with Gasteiger partial charge in [0.2, 0.25) is 17.7 Å². The third-order valence-corrected chi connectivity index (χ3v) is 4.97. The van der Waals surface area contributed by atoms with Gasteiger partial charge in [0.15, 0.2) is 0 Å². The van der Waals surface area contributed by atoms with Crippen molar-refractivity contribution in [1.29, 1.82) is 0 Å². The molecule has 8 nitrogen and oxygen atoms in total. The van der Waals surface area contributed by atoms with Gasteiger partial charge in [0.25, 0.3) is 0 Å². The van der Waals surface area contributed by atoms with E-state index in [0.29, 0.717) is 34.0 Å². The molecule has 3 aromatic rings. The fourth-order valence-electron chi connectivity index (χ4n) is 3.49. The summed E-state index contributed by atoms with van der Waals surface area (Å²) in [7, 11) is 0. The van der Waals surface area contributed by atoms with Crippen molar-refractivity contribution in [2.75, 3.05) is 16.0 Å². The topological polar surface area (TPSA) is 105 Å². The highest BCUT2D eigenvalue weighted by Crippen LogP contribution is 2.34. The molecule has 3 amide bonds. The molecular weight excluding hydrogens is 401 g/mol. The van der Waals surface area contributed by atoms with Crippen LogP contribution in [0.15, 0.2) is 48.5 Å². The highest BCUT2D eigenvalue weighted by molar-refractivity contribution is 6.02. The Balaban J connectivity index is 1.60. The number of hydrogen-bond acceptors (Lipinski definition) is 4. The molecular formula is C22H20FN5O3. The molecule has 0 spiro atoms. The number of nitrogens with zero attached hydrogens (tertiary/aromatic N) is 2. The van der Waals surface area contributed by atoms with Crippen LogP contribution in [0.4, 0.5) is 21.6 Å². The monoisotopic (exact) mass is 421 g/mol. The Bertz CT molecular complexity index is 1170. The van der Waals surface area contributed by atoms with Crippen molar-refractivity contribution in [2.24, 2.45) is 0 Å². The van der Waals surface area contributed by atoms with Crippen molar-refractivity contribution in [3.8, 4) is 11.3 Å². The van der Waals surface area contributed by atoms with Crippen LogP contribution < -0.4 is 16.0 Å². The van der Waals surface area contributed by atoms with E-state index in [9.17, 15) is 18.8 Å². The lowest BCUT2D eigenvalue weighted by atomic mass is 10.1. The van der Waals surface area contributed by atoms with Crippen LogP contribution in [0.1, 0.15) is 24.9 Å². The highest BCUT2D eigenvalue weighted by atomic mass is 19.1. The fourth-order valence-corrected chi connectivity index (χ4v) is 3.49. The lowest BCUT2D eigenvalue weighted by Gasteiger charge is -2.24. The highest BCUT2D eigenvalue weighted by Gasteiger charge is 2.34.